The SMILES string of the molecule is CC1(C(=O)N2Cc3ccc(N)cc3C2)CCCCC1. The third kappa shape index (κ3) is 2.22. The van der Waals surface area contributed by atoms with Gasteiger partial charge in [-0.2, -0.15) is 0 Å². The zero-order valence-electron chi connectivity index (χ0n) is 11.6. The van der Waals surface area contributed by atoms with E-state index in [0.717, 1.165) is 31.6 Å². The number of rotatable bonds is 1. The monoisotopic (exact) mass is 258 g/mol. The Labute approximate surface area is 114 Å². The first-order valence-corrected chi connectivity index (χ1v) is 7.25. The molecule has 3 rings (SSSR count). The Kier molecular flexibility index (Phi) is 3.00. The van der Waals surface area contributed by atoms with E-state index in [4.69, 9.17) is 5.73 Å². The topological polar surface area (TPSA) is 46.3 Å². The molecule has 1 aliphatic carbocycles. The third-order valence-electron chi connectivity index (χ3n) is 4.71. The van der Waals surface area contributed by atoms with E-state index in [-0.39, 0.29) is 5.41 Å². The average Bonchev–Trinajstić information content (AvgIpc) is 2.81. The molecule has 0 radical (unpaired) electrons. The number of nitrogens with two attached hydrogens (primary N) is 1. The van der Waals surface area contributed by atoms with Crippen molar-refractivity contribution in [1.82, 2.24) is 4.90 Å². The summed E-state index contributed by atoms with van der Waals surface area (Å²) < 4.78 is 0. The summed E-state index contributed by atoms with van der Waals surface area (Å²) in [5.74, 6) is 0.335. The van der Waals surface area contributed by atoms with Gasteiger partial charge >= 0.3 is 0 Å². The predicted octanol–water partition coefficient (Wildman–Crippen LogP) is 3.08. The highest BCUT2D eigenvalue weighted by Gasteiger charge is 2.39. The second kappa shape index (κ2) is 4.55. The highest BCUT2D eigenvalue weighted by Crippen LogP contribution is 2.39. The summed E-state index contributed by atoms with van der Waals surface area (Å²) in [5, 5.41) is 0. The van der Waals surface area contributed by atoms with Crippen LogP contribution in [0.5, 0.6) is 0 Å². The molecule has 3 nitrogen and oxygen atoms in total. The summed E-state index contributed by atoms with van der Waals surface area (Å²) in [5.41, 5.74) is 8.94. The number of amides is 1. The zero-order valence-corrected chi connectivity index (χ0v) is 11.6. The van der Waals surface area contributed by atoms with E-state index in [2.05, 4.69) is 13.0 Å². The molecule has 1 aromatic rings. The van der Waals surface area contributed by atoms with Crippen LogP contribution in [-0.4, -0.2) is 10.8 Å². The molecular weight excluding hydrogens is 236 g/mol. The van der Waals surface area contributed by atoms with Crippen LogP contribution < -0.4 is 5.73 Å². The van der Waals surface area contributed by atoms with E-state index in [1.165, 1.54) is 30.4 Å². The summed E-state index contributed by atoms with van der Waals surface area (Å²) in [4.78, 5) is 14.8. The van der Waals surface area contributed by atoms with Crippen molar-refractivity contribution < 1.29 is 4.79 Å². The molecule has 1 amide bonds. The van der Waals surface area contributed by atoms with Crippen molar-refractivity contribution in [1.29, 1.82) is 0 Å². The molecule has 0 atom stereocenters. The summed E-state index contributed by atoms with van der Waals surface area (Å²) >= 11 is 0. The minimum atomic E-state index is -0.133. The van der Waals surface area contributed by atoms with Gasteiger partial charge in [0.05, 0.1) is 0 Å². The lowest BCUT2D eigenvalue weighted by Gasteiger charge is -2.35. The summed E-state index contributed by atoms with van der Waals surface area (Å²) in [6, 6.07) is 5.99. The number of carbonyl (C=O) groups excluding carboxylic acids is 1. The van der Waals surface area contributed by atoms with Crippen LogP contribution in [0.1, 0.15) is 50.2 Å². The van der Waals surface area contributed by atoms with Gasteiger partial charge in [0.25, 0.3) is 0 Å². The first kappa shape index (κ1) is 12.5. The standard InChI is InChI=1S/C16H22N2O/c1-16(7-3-2-4-8-16)15(19)18-10-12-5-6-14(17)9-13(12)11-18/h5-6,9H,2-4,7-8,10-11,17H2,1H3. The van der Waals surface area contributed by atoms with Gasteiger partial charge < -0.3 is 10.6 Å². The fourth-order valence-electron chi connectivity index (χ4n) is 3.49. The Hall–Kier alpha value is -1.51. The first-order chi connectivity index (χ1) is 9.08. The van der Waals surface area contributed by atoms with Crippen LogP contribution in [0, 0.1) is 5.41 Å². The number of anilines is 1. The molecule has 2 N–H and O–H groups in total. The van der Waals surface area contributed by atoms with Crippen LogP contribution in [0.15, 0.2) is 18.2 Å². The quantitative estimate of drug-likeness (QED) is 0.787. The maximum Gasteiger partial charge on any atom is 0.229 e. The molecule has 19 heavy (non-hydrogen) atoms. The molecular formula is C16H22N2O. The zero-order chi connectivity index (χ0) is 13.5. The molecule has 0 aromatic heterocycles. The van der Waals surface area contributed by atoms with Gasteiger partial charge in [0.1, 0.15) is 0 Å². The van der Waals surface area contributed by atoms with Crippen molar-refractivity contribution >= 4 is 11.6 Å². The maximum atomic E-state index is 12.8. The van der Waals surface area contributed by atoms with E-state index in [1.54, 1.807) is 0 Å². The number of carbonyl (C=O) groups is 1. The van der Waals surface area contributed by atoms with Crippen LogP contribution >= 0.6 is 0 Å². The molecule has 0 bridgehead atoms. The summed E-state index contributed by atoms with van der Waals surface area (Å²) in [6.45, 7) is 3.63. The van der Waals surface area contributed by atoms with Gasteiger partial charge in [0, 0.05) is 24.2 Å². The minimum absolute atomic E-state index is 0.133. The Morgan fingerprint density at radius 3 is 2.58 bits per heavy atom. The number of fused-ring (bicyclic) bond motifs is 1. The van der Waals surface area contributed by atoms with E-state index in [1.807, 2.05) is 17.0 Å². The fourth-order valence-corrected chi connectivity index (χ4v) is 3.49. The molecule has 1 saturated carbocycles. The van der Waals surface area contributed by atoms with Gasteiger partial charge in [-0.15, -0.1) is 0 Å². The Morgan fingerprint density at radius 1 is 1.16 bits per heavy atom. The van der Waals surface area contributed by atoms with Gasteiger partial charge in [-0.3, -0.25) is 4.79 Å². The lowest BCUT2D eigenvalue weighted by atomic mass is 9.74. The Morgan fingerprint density at radius 2 is 1.84 bits per heavy atom. The van der Waals surface area contributed by atoms with Crippen molar-refractivity contribution in [2.24, 2.45) is 5.41 Å². The van der Waals surface area contributed by atoms with E-state index in [0.29, 0.717) is 5.91 Å². The van der Waals surface area contributed by atoms with E-state index in [9.17, 15) is 4.79 Å². The van der Waals surface area contributed by atoms with Crippen LogP contribution in [0.2, 0.25) is 0 Å². The molecule has 102 valence electrons. The van der Waals surface area contributed by atoms with E-state index < -0.39 is 0 Å². The number of hydrogen-bond acceptors (Lipinski definition) is 2. The smallest absolute Gasteiger partial charge is 0.229 e. The lowest BCUT2D eigenvalue weighted by Crippen LogP contribution is -2.40. The van der Waals surface area contributed by atoms with Gasteiger partial charge in [0.2, 0.25) is 5.91 Å². The van der Waals surface area contributed by atoms with Crippen molar-refractivity contribution in [2.45, 2.75) is 52.1 Å². The molecule has 1 aromatic carbocycles. The molecule has 0 spiro atoms. The normalized spacial score (nSPS) is 21.2. The Bertz CT molecular complexity index is 503. The molecule has 0 saturated heterocycles. The minimum Gasteiger partial charge on any atom is -0.399 e. The van der Waals surface area contributed by atoms with Crippen molar-refractivity contribution in [3.05, 3.63) is 29.3 Å². The molecule has 1 heterocycles. The highest BCUT2D eigenvalue weighted by molar-refractivity contribution is 5.83. The second-order valence-electron chi connectivity index (χ2n) is 6.31. The van der Waals surface area contributed by atoms with E-state index >= 15 is 0 Å². The predicted molar refractivity (Wildman–Crippen MR) is 76.3 cm³/mol. The molecule has 0 unspecified atom stereocenters. The van der Waals surface area contributed by atoms with Crippen LogP contribution in [0.4, 0.5) is 5.69 Å². The molecule has 3 heteroatoms. The van der Waals surface area contributed by atoms with Crippen LogP contribution in [0.3, 0.4) is 0 Å². The summed E-state index contributed by atoms with van der Waals surface area (Å²) in [7, 11) is 0. The Balaban J connectivity index is 1.77. The van der Waals surface area contributed by atoms with Crippen LogP contribution in [-0.2, 0) is 17.9 Å². The highest BCUT2D eigenvalue weighted by atomic mass is 16.2. The number of benzene rings is 1. The van der Waals surface area contributed by atoms with Crippen molar-refractivity contribution in [3.63, 3.8) is 0 Å². The van der Waals surface area contributed by atoms with Gasteiger partial charge in [-0.1, -0.05) is 32.3 Å². The summed E-state index contributed by atoms with van der Waals surface area (Å²) in [6.07, 6.45) is 5.74. The van der Waals surface area contributed by atoms with Gasteiger partial charge in [0.15, 0.2) is 0 Å². The number of nitrogen functional groups attached to an aromatic ring is 1. The van der Waals surface area contributed by atoms with Crippen molar-refractivity contribution in [3.8, 4) is 0 Å². The van der Waals surface area contributed by atoms with Crippen LogP contribution in [0.25, 0.3) is 0 Å². The second-order valence-corrected chi connectivity index (χ2v) is 6.31. The van der Waals surface area contributed by atoms with Gasteiger partial charge in [-0.05, 0) is 36.1 Å². The molecule has 1 fully saturated rings. The molecule has 2 aliphatic rings. The van der Waals surface area contributed by atoms with Gasteiger partial charge in [-0.25, -0.2) is 0 Å². The number of nitrogens with zero attached hydrogens (tertiary/aromatic N) is 1. The third-order valence-corrected chi connectivity index (χ3v) is 4.71. The van der Waals surface area contributed by atoms with Crippen molar-refractivity contribution in [2.75, 3.05) is 5.73 Å². The first-order valence-electron chi connectivity index (χ1n) is 7.25. The average molecular weight is 258 g/mol. The maximum absolute atomic E-state index is 12.8. The fraction of sp³-hybridized carbons (Fsp3) is 0.562. The number of hydrogen-bond donors (Lipinski definition) is 1. The molecule has 1 aliphatic heterocycles. The largest absolute Gasteiger partial charge is 0.399 e. The lowest BCUT2D eigenvalue weighted by molar-refractivity contribution is -0.143.